The predicted octanol–water partition coefficient (Wildman–Crippen LogP) is 2.39. The third kappa shape index (κ3) is 3.82. The third-order valence-corrected chi connectivity index (χ3v) is 3.48. The maximum Gasteiger partial charge on any atom is 0.407 e. The van der Waals surface area contributed by atoms with E-state index in [0.29, 0.717) is 13.1 Å². The Balaban J connectivity index is 1.87. The van der Waals surface area contributed by atoms with Crippen molar-refractivity contribution in [3.05, 3.63) is 23.8 Å². The number of fused-ring (bicyclic) bond motifs is 1. The van der Waals surface area contributed by atoms with Gasteiger partial charge in [-0.05, 0) is 32.9 Å². The van der Waals surface area contributed by atoms with E-state index in [2.05, 4.69) is 21.4 Å². The Morgan fingerprint density at radius 1 is 1.36 bits per heavy atom. The molecule has 1 aromatic carbocycles. The van der Waals surface area contributed by atoms with Gasteiger partial charge in [0.2, 0.25) is 0 Å². The first-order valence-corrected chi connectivity index (χ1v) is 7.43. The summed E-state index contributed by atoms with van der Waals surface area (Å²) in [7, 11) is 3.70. The zero-order valence-electron chi connectivity index (χ0n) is 14.0. The third-order valence-electron chi connectivity index (χ3n) is 3.48. The van der Waals surface area contributed by atoms with Crippen LogP contribution in [0, 0.1) is 0 Å². The van der Waals surface area contributed by atoms with Gasteiger partial charge < -0.3 is 19.8 Å². The topological polar surface area (TPSA) is 54.0 Å². The molecule has 0 saturated heterocycles. The first-order valence-electron chi connectivity index (χ1n) is 7.43. The average molecular weight is 307 g/mol. The number of methoxy groups -OCH3 is 1. The van der Waals surface area contributed by atoms with Crippen LogP contribution < -0.4 is 15.1 Å². The lowest BCUT2D eigenvalue weighted by atomic mass is 10.1. The van der Waals surface area contributed by atoms with Gasteiger partial charge in [0, 0.05) is 32.2 Å². The zero-order chi connectivity index (χ0) is 16.3. The fourth-order valence-corrected chi connectivity index (χ4v) is 2.48. The molecular weight excluding hydrogens is 282 g/mol. The lowest BCUT2D eigenvalue weighted by Crippen LogP contribution is -2.41. The van der Waals surface area contributed by atoms with Crippen molar-refractivity contribution in [2.24, 2.45) is 0 Å². The molecule has 0 bridgehead atoms. The van der Waals surface area contributed by atoms with E-state index in [1.165, 1.54) is 5.56 Å². The van der Waals surface area contributed by atoms with Crippen molar-refractivity contribution < 1.29 is 14.3 Å². The van der Waals surface area contributed by atoms with Crippen molar-refractivity contribution >= 4 is 11.8 Å². The molecule has 1 heterocycles. The van der Waals surface area contributed by atoms with Crippen molar-refractivity contribution in [1.29, 1.82) is 0 Å². The normalized spacial score (nSPS) is 14.7. The smallest absolute Gasteiger partial charge is 0.407 e. The average Bonchev–Trinajstić information content (AvgIpc) is 2.74. The molecule has 6 heteroatoms. The Morgan fingerprint density at radius 3 is 2.73 bits per heavy atom. The van der Waals surface area contributed by atoms with Gasteiger partial charge in [0.25, 0.3) is 0 Å². The molecular formula is C16H25N3O3. The Morgan fingerprint density at radius 2 is 2.09 bits per heavy atom. The van der Waals surface area contributed by atoms with Crippen LogP contribution in [-0.2, 0) is 11.3 Å². The van der Waals surface area contributed by atoms with Gasteiger partial charge in [-0.1, -0.05) is 6.07 Å². The molecule has 1 N–H and O–H groups in total. The summed E-state index contributed by atoms with van der Waals surface area (Å²) in [4.78, 5) is 11.6. The van der Waals surface area contributed by atoms with Crippen molar-refractivity contribution in [2.75, 3.05) is 32.3 Å². The lowest BCUT2D eigenvalue weighted by Gasteiger charge is -2.26. The predicted molar refractivity (Wildman–Crippen MR) is 86.0 cm³/mol. The molecule has 0 saturated carbocycles. The number of carbonyl (C=O) groups is 1. The van der Waals surface area contributed by atoms with Gasteiger partial charge in [-0.25, -0.2) is 9.80 Å². The number of carbonyl (C=O) groups excluding carboxylic acids is 1. The largest absolute Gasteiger partial charge is 0.496 e. The SMILES string of the molecule is COc1cccc2c1CN(CCNC(=O)OC(C)(C)C)N2C. The minimum atomic E-state index is -0.474. The van der Waals surface area contributed by atoms with Crippen LogP contribution in [0.4, 0.5) is 10.5 Å². The second-order valence-corrected chi connectivity index (χ2v) is 6.30. The highest BCUT2D eigenvalue weighted by Gasteiger charge is 2.26. The molecule has 1 aliphatic heterocycles. The van der Waals surface area contributed by atoms with Crippen LogP contribution in [0.3, 0.4) is 0 Å². The van der Waals surface area contributed by atoms with Gasteiger partial charge in [-0.2, -0.15) is 0 Å². The maximum absolute atomic E-state index is 11.6. The number of rotatable bonds is 4. The zero-order valence-corrected chi connectivity index (χ0v) is 14.0. The van der Waals surface area contributed by atoms with Crippen LogP contribution in [0.2, 0.25) is 0 Å². The Kier molecular flexibility index (Phi) is 4.81. The molecule has 0 atom stereocenters. The quantitative estimate of drug-likeness (QED) is 0.925. The summed E-state index contributed by atoms with van der Waals surface area (Å²) in [5.41, 5.74) is 1.83. The van der Waals surface area contributed by atoms with Crippen LogP contribution in [-0.4, -0.2) is 44.0 Å². The monoisotopic (exact) mass is 307 g/mol. The van der Waals surface area contributed by atoms with Crippen LogP contribution in [0.1, 0.15) is 26.3 Å². The molecule has 1 amide bonds. The standard InChI is InChI=1S/C16H25N3O3/c1-16(2,3)22-15(20)17-9-10-19-11-12-13(18(19)4)7-6-8-14(12)21-5/h6-8H,9-11H2,1-5H3,(H,17,20). The highest BCUT2D eigenvalue weighted by molar-refractivity contribution is 5.67. The molecule has 0 spiro atoms. The van der Waals surface area contributed by atoms with Crippen molar-refractivity contribution in [1.82, 2.24) is 10.3 Å². The van der Waals surface area contributed by atoms with E-state index >= 15 is 0 Å². The van der Waals surface area contributed by atoms with Crippen molar-refractivity contribution in [2.45, 2.75) is 32.9 Å². The van der Waals surface area contributed by atoms with E-state index in [1.54, 1.807) is 7.11 Å². The molecule has 0 fully saturated rings. The Hall–Kier alpha value is -1.95. The van der Waals surface area contributed by atoms with E-state index < -0.39 is 5.60 Å². The van der Waals surface area contributed by atoms with Crippen LogP contribution in [0.25, 0.3) is 0 Å². The Bertz CT molecular complexity index is 540. The van der Waals surface area contributed by atoms with Gasteiger partial charge in [0.15, 0.2) is 0 Å². The lowest BCUT2D eigenvalue weighted by molar-refractivity contribution is 0.0521. The molecule has 2 rings (SSSR count). The first kappa shape index (κ1) is 16.4. The molecule has 122 valence electrons. The molecule has 0 aliphatic carbocycles. The summed E-state index contributed by atoms with van der Waals surface area (Å²) in [6.45, 7) is 7.55. The second kappa shape index (κ2) is 6.44. The number of ether oxygens (including phenoxy) is 2. The summed E-state index contributed by atoms with van der Waals surface area (Å²) < 4.78 is 10.6. The van der Waals surface area contributed by atoms with Gasteiger partial charge in [-0.3, -0.25) is 0 Å². The molecule has 1 aliphatic rings. The molecule has 0 unspecified atom stereocenters. The van der Waals surface area contributed by atoms with Crippen molar-refractivity contribution in [3.8, 4) is 5.75 Å². The van der Waals surface area contributed by atoms with E-state index in [-0.39, 0.29) is 6.09 Å². The van der Waals surface area contributed by atoms with Crippen LogP contribution in [0.15, 0.2) is 18.2 Å². The summed E-state index contributed by atoms with van der Waals surface area (Å²) in [5.74, 6) is 0.895. The summed E-state index contributed by atoms with van der Waals surface area (Å²) in [5, 5.41) is 7.03. The number of amides is 1. The minimum Gasteiger partial charge on any atom is -0.496 e. The highest BCUT2D eigenvalue weighted by atomic mass is 16.6. The summed E-state index contributed by atoms with van der Waals surface area (Å²) in [6.07, 6.45) is -0.385. The number of hydrogen-bond donors (Lipinski definition) is 1. The highest BCUT2D eigenvalue weighted by Crippen LogP contribution is 2.36. The first-order chi connectivity index (χ1) is 10.3. The molecule has 0 radical (unpaired) electrons. The van der Waals surface area contributed by atoms with Gasteiger partial charge in [0.1, 0.15) is 11.4 Å². The fourth-order valence-electron chi connectivity index (χ4n) is 2.48. The van der Waals surface area contributed by atoms with E-state index in [1.807, 2.05) is 40.0 Å². The number of nitrogens with zero attached hydrogens (tertiary/aromatic N) is 2. The molecule has 0 aromatic heterocycles. The van der Waals surface area contributed by atoms with Gasteiger partial charge >= 0.3 is 6.09 Å². The summed E-state index contributed by atoms with van der Waals surface area (Å²) in [6, 6.07) is 6.02. The number of benzene rings is 1. The van der Waals surface area contributed by atoms with Crippen LogP contribution in [0.5, 0.6) is 5.75 Å². The second-order valence-electron chi connectivity index (χ2n) is 6.30. The number of alkyl carbamates (subject to hydrolysis) is 1. The Labute approximate surface area is 132 Å². The number of anilines is 1. The molecule has 1 aromatic rings. The van der Waals surface area contributed by atoms with Gasteiger partial charge in [0.05, 0.1) is 12.8 Å². The number of hydrazine groups is 1. The van der Waals surface area contributed by atoms with Crippen LogP contribution >= 0.6 is 0 Å². The van der Waals surface area contributed by atoms with E-state index in [4.69, 9.17) is 9.47 Å². The molecule has 22 heavy (non-hydrogen) atoms. The minimum absolute atomic E-state index is 0.385. The number of nitrogens with one attached hydrogen (secondary N) is 1. The maximum atomic E-state index is 11.6. The van der Waals surface area contributed by atoms with Crippen molar-refractivity contribution in [3.63, 3.8) is 0 Å². The number of hydrogen-bond acceptors (Lipinski definition) is 5. The van der Waals surface area contributed by atoms with E-state index in [9.17, 15) is 4.79 Å². The van der Waals surface area contributed by atoms with E-state index in [0.717, 1.165) is 18.0 Å². The summed E-state index contributed by atoms with van der Waals surface area (Å²) >= 11 is 0. The molecule has 6 nitrogen and oxygen atoms in total. The van der Waals surface area contributed by atoms with Gasteiger partial charge in [-0.15, -0.1) is 0 Å². The fraction of sp³-hybridized carbons (Fsp3) is 0.562.